The number of carbonyl (C=O) groups excluding carboxylic acids is 2. The minimum Gasteiger partial charge on any atom is -0.306 e. The number of imide groups is 1. The molecular weight excluding hydrogens is 411 g/mol. The van der Waals surface area contributed by atoms with E-state index in [2.05, 4.69) is 15.5 Å². The van der Waals surface area contributed by atoms with Gasteiger partial charge < -0.3 is 5.32 Å². The largest absolute Gasteiger partial charge is 0.356 e. The molecule has 2 aromatic carbocycles. The lowest BCUT2D eigenvalue weighted by atomic mass is 10.0. The van der Waals surface area contributed by atoms with E-state index in [-0.39, 0.29) is 27.4 Å². The Morgan fingerprint density at radius 3 is 2.50 bits per heavy atom. The second-order valence-corrected chi connectivity index (χ2v) is 8.62. The number of H-pyrrole nitrogens is 1. The highest BCUT2D eigenvalue weighted by molar-refractivity contribution is 5.97. The number of nitrogens with zero attached hydrogens (tertiary/aromatic N) is 2. The Morgan fingerprint density at radius 2 is 1.78 bits per heavy atom. The van der Waals surface area contributed by atoms with Gasteiger partial charge in [0.15, 0.2) is 0 Å². The van der Waals surface area contributed by atoms with Gasteiger partial charge in [0.05, 0.1) is 17.0 Å². The molecule has 2 aliphatic rings. The van der Waals surface area contributed by atoms with Gasteiger partial charge in [-0.1, -0.05) is 24.3 Å². The number of quaternary nitrogens is 1. The van der Waals surface area contributed by atoms with Crippen LogP contribution in [0.2, 0.25) is 0 Å². The summed E-state index contributed by atoms with van der Waals surface area (Å²) in [6, 6.07) is 11.6. The Hall–Kier alpha value is -3.23. The number of hydrogen-bond acceptors (Lipinski definition) is 5. The Balaban J connectivity index is 1.52. The van der Waals surface area contributed by atoms with Crippen LogP contribution in [0.5, 0.6) is 0 Å². The Bertz CT molecular complexity index is 1280. The van der Waals surface area contributed by atoms with E-state index < -0.39 is 11.7 Å². The lowest BCUT2D eigenvalue weighted by molar-refractivity contribution is -0.776. The molecule has 8 heteroatoms. The van der Waals surface area contributed by atoms with Crippen molar-refractivity contribution in [1.29, 1.82) is 0 Å². The monoisotopic (exact) mass is 435 g/mol. The van der Waals surface area contributed by atoms with Gasteiger partial charge in [0.25, 0.3) is 5.56 Å². The van der Waals surface area contributed by atoms with Crippen LogP contribution < -0.4 is 10.9 Å². The van der Waals surface area contributed by atoms with Crippen LogP contribution in [0.3, 0.4) is 0 Å². The number of halogens is 1. The number of aromatic amines is 1. The SMILES string of the molecule is O=C(c1cc(Cc2n[nH]c(=O)c3ccccc23)ccc1F)[N+]1(C(=O)C2CC2)CCNCC1. The number of fused-ring (bicyclic) bond motifs is 1. The highest BCUT2D eigenvalue weighted by Crippen LogP contribution is 2.35. The van der Waals surface area contributed by atoms with E-state index in [1.807, 2.05) is 12.1 Å². The van der Waals surface area contributed by atoms with Crippen LogP contribution in [0.1, 0.15) is 34.5 Å². The molecule has 0 unspecified atom stereocenters. The second kappa shape index (κ2) is 8.03. The molecule has 1 aliphatic heterocycles. The highest BCUT2D eigenvalue weighted by Gasteiger charge is 2.52. The summed E-state index contributed by atoms with van der Waals surface area (Å²) in [6.07, 6.45) is 1.91. The van der Waals surface area contributed by atoms with Crippen molar-refractivity contribution >= 4 is 22.6 Å². The third kappa shape index (κ3) is 3.55. The maximum atomic E-state index is 14.8. The van der Waals surface area contributed by atoms with Gasteiger partial charge >= 0.3 is 11.8 Å². The fraction of sp³-hybridized carbons (Fsp3) is 0.333. The lowest BCUT2D eigenvalue weighted by Crippen LogP contribution is -2.65. The van der Waals surface area contributed by atoms with Gasteiger partial charge in [-0.3, -0.25) is 4.79 Å². The number of rotatable bonds is 4. The third-order valence-electron chi connectivity index (χ3n) is 6.49. The first-order valence-corrected chi connectivity index (χ1v) is 10.9. The first-order chi connectivity index (χ1) is 15.5. The maximum absolute atomic E-state index is 14.8. The summed E-state index contributed by atoms with van der Waals surface area (Å²) in [4.78, 5) is 38.8. The summed E-state index contributed by atoms with van der Waals surface area (Å²) in [6.45, 7) is 1.76. The molecule has 1 aromatic heterocycles. The maximum Gasteiger partial charge on any atom is 0.356 e. The van der Waals surface area contributed by atoms with E-state index >= 15 is 0 Å². The van der Waals surface area contributed by atoms with Crippen molar-refractivity contribution in [3.8, 4) is 0 Å². The molecule has 7 nitrogen and oxygen atoms in total. The van der Waals surface area contributed by atoms with Crippen LogP contribution in [0.4, 0.5) is 4.39 Å². The van der Waals surface area contributed by atoms with E-state index in [1.54, 1.807) is 18.2 Å². The summed E-state index contributed by atoms with van der Waals surface area (Å²) in [7, 11) is 0. The van der Waals surface area contributed by atoms with Crippen LogP contribution in [-0.4, -0.2) is 52.7 Å². The van der Waals surface area contributed by atoms with Crippen molar-refractivity contribution in [3.05, 3.63) is 75.5 Å². The summed E-state index contributed by atoms with van der Waals surface area (Å²) in [5, 5.41) is 11.1. The van der Waals surface area contributed by atoms with Gasteiger partial charge in [-0.15, -0.1) is 0 Å². The number of piperazine rings is 1. The first kappa shape index (κ1) is 20.7. The first-order valence-electron chi connectivity index (χ1n) is 10.9. The summed E-state index contributed by atoms with van der Waals surface area (Å²) < 4.78 is 14.5. The number of amides is 2. The van der Waals surface area contributed by atoms with Crippen LogP contribution in [0, 0.1) is 11.7 Å². The summed E-state index contributed by atoms with van der Waals surface area (Å²) >= 11 is 0. The number of hydrogen-bond donors (Lipinski definition) is 2. The molecule has 2 fully saturated rings. The molecule has 2 amide bonds. The predicted octanol–water partition coefficient (Wildman–Crippen LogP) is 2.15. The molecule has 2 N–H and O–H groups in total. The molecule has 164 valence electrons. The number of aromatic nitrogens is 2. The molecule has 0 bridgehead atoms. The molecule has 1 saturated heterocycles. The van der Waals surface area contributed by atoms with Crippen LogP contribution >= 0.6 is 0 Å². The van der Waals surface area contributed by atoms with E-state index in [4.69, 9.17) is 0 Å². The Kier molecular flexibility index (Phi) is 5.19. The van der Waals surface area contributed by atoms with Gasteiger partial charge in [-0.2, -0.15) is 9.58 Å². The van der Waals surface area contributed by atoms with E-state index in [9.17, 15) is 18.8 Å². The third-order valence-corrected chi connectivity index (χ3v) is 6.49. The molecule has 1 saturated carbocycles. The van der Waals surface area contributed by atoms with E-state index in [1.165, 1.54) is 12.1 Å². The van der Waals surface area contributed by atoms with Crippen LogP contribution in [0.15, 0.2) is 47.3 Å². The quantitative estimate of drug-likeness (QED) is 0.484. The zero-order valence-corrected chi connectivity index (χ0v) is 17.6. The van der Waals surface area contributed by atoms with Gasteiger partial charge in [0, 0.05) is 24.9 Å². The van der Waals surface area contributed by atoms with Crippen molar-refractivity contribution < 1.29 is 18.5 Å². The molecule has 0 atom stereocenters. The number of nitrogens with one attached hydrogen (secondary N) is 2. The fourth-order valence-electron chi connectivity index (χ4n) is 4.56. The average molecular weight is 435 g/mol. The van der Waals surface area contributed by atoms with Crippen LogP contribution in [0.25, 0.3) is 10.8 Å². The minimum absolute atomic E-state index is 0.0628. The van der Waals surface area contributed by atoms with Crippen molar-refractivity contribution in [2.75, 3.05) is 26.2 Å². The van der Waals surface area contributed by atoms with E-state index in [0.717, 1.165) is 12.8 Å². The second-order valence-electron chi connectivity index (χ2n) is 8.62. The predicted molar refractivity (Wildman–Crippen MR) is 116 cm³/mol. The molecule has 0 spiro atoms. The van der Waals surface area contributed by atoms with Crippen molar-refractivity contribution in [2.45, 2.75) is 19.3 Å². The molecule has 3 aromatic rings. The Morgan fingerprint density at radius 1 is 1.06 bits per heavy atom. The topological polar surface area (TPSA) is 91.9 Å². The zero-order valence-electron chi connectivity index (χ0n) is 17.6. The number of carbonyl (C=O) groups is 2. The zero-order chi connectivity index (χ0) is 22.3. The summed E-state index contributed by atoms with van der Waals surface area (Å²) in [5.74, 6) is -1.28. The molecule has 1 aliphatic carbocycles. The highest BCUT2D eigenvalue weighted by atomic mass is 19.1. The molecule has 0 radical (unpaired) electrons. The molecule has 32 heavy (non-hydrogen) atoms. The number of benzene rings is 2. The Labute approximate surface area is 183 Å². The smallest absolute Gasteiger partial charge is 0.306 e. The normalized spacial score (nSPS) is 17.9. The average Bonchev–Trinajstić information content (AvgIpc) is 3.67. The van der Waals surface area contributed by atoms with Gasteiger partial charge in [0.2, 0.25) is 0 Å². The fourth-order valence-corrected chi connectivity index (χ4v) is 4.56. The van der Waals surface area contributed by atoms with Crippen molar-refractivity contribution in [1.82, 2.24) is 15.5 Å². The van der Waals surface area contributed by atoms with Crippen LogP contribution in [-0.2, 0) is 11.2 Å². The van der Waals surface area contributed by atoms with Gasteiger partial charge in [0.1, 0.15) is 24.5 Å². The lowest BCUT2D eigenvalue weighted by Gasteiger charge is -2.36. The molecule has 5 rings (SSSR count). The molecular formula is C24H24FN4O3+. The van der Waals surface area contributed by atoms with Crippen molar-refractivity contribution in [3.63, 3.8) is 0 Å². The summed E-state index contributed by atoms with van der Waals surface area (Å²) in [5.41, 5.74) is 0.979. The van der Waals surface area contributed by atoms with E-state index in [0.29, 0.717) is 54.6 Å². The van der Waals surface area contributed by atoms with Crippen molar-refractivity contribution in [2.24, 2.45) is 5.92 Å². The molecule has 2 heterocycles. The standard InChI is InChI=1S/C24H23FN4O3/c25-20-8-5-15(14-21-17-3-1-2-4-18(17)22(30)28-27-21)13-19(20)24(32)29(11-9-26-10-12-29)23(31)16-6-7-16/h1-5,8,13,16,26H,6-7,9-12,14H2/p+1. The minimum atomic E-state index is -0.627. The van der Waals surface area contributed by atoms with Gasteiger partial charge in [-0.05, 0) is 36.6 Å². The van der Waals surface area contributed by atoms with Gasteiger partial charge in [-0.25, -0.2) is 19.1 Å².